The Labute approximate surface area is 545 Å². The number of terminal acetylenes is 1. The van der Waals surface area contributed by atoms with E-state index in [0.717, 1.165) is 58.7 Å². The lowest BCUT2D eigenvalue weighted by molar-refractivity contribution is -0.904. The van der Waals surface area contributed by atoms with E-state index in [-0.39, 0.29) is 34.3 Å². The summed E-state index contributed by atoms with van der Waals surface area (Å²) in [6.07, 6.45) is 25.3. The van der Waals surface area contributed by atoms with Crippen molar-refractivity contribution in [2.75, 3.05) is 60.7 Å². The van der Waals surface area contributed by atoms with E-state index in [0.29, 0.717) is 53.0 Å². The zero-order chi connectivity index (χ0) is 63.1. The van der Waals surface area contributed by atoms with Gasteiger partial charge in [0.15, 0.2) is 17.3 Å². The average Bonchev–Trinajstić information content (AvgIpc) is 3.35. The van der Waals surface area contributed by atoms with Crippen molar-refractivity contribution in [2.24, 2.45) is 5.73 Å². The number of halogens is 2. The highest BCUT2D eigenvalue weighted by atomic mass is 79.9. The number of carbonyl (C=O) groups excluding carboxylic acids is 3. The van der Waals surface area contributed by atoms with Crippen LogP contribution in [0.1, 0.15) is 167 Å². The number of ketones is 3. The van der Waals surface area contributed by atoms with Crippen molar-refractivity contribution in [2.45, 2.75) is 124 Å². The van der Waals surface area contributed by atoms with Crippen LogP contribution in [0.4, 0.5) is 0 Å². The van der Waals surface area contributed by atoms with Gasteiger partial charge in [-0.25, -0.2) is 9.36 Å². The lowest BCUT2D eigenvalue weighted by Crippen LogP contribution is -3.00. The molecule has 13 nitrogen and oxygen atoms in total. The molecule has 0 aliphatic carbocycles. The third kappa shape index (κ3) is 30.3. The molecule has 15 heteroatoms. The van der Waals surface area contributed by atoms with Crippen molar-refractivity contribution < 1.29 is 35.8 Å². The highest BCUT2D eigenvalue weighted by Gasteiger charge is 2.18. The molecule has 8 aromatic rings. The third-order valence-electron chi connectivity index (χ3n) is 13.9. The number of alkyl halides is 1. The summed E-state index contributed by atoms with van der Waals surface area (Å²) in [5.41, 5.74) is 14.9. The van der Waals surface area contributed by atoms with Gasteiger partial charge in [-0.3, -0.25) is 19.3 Å². The minimum Gasteiger partial charge on any atom is -1.00 e. The highest BCUT2D eigenvalue weighted by molar-refractivity contribution is 9.09. The van der Waals surface area contributed by atoms with Gasteiger partial charge in [-0.2, -0.15) is 0 Å². The van der Waals surface area contributed by atoms with Gasteiger partial charge in [-0.05, 0) is 64.1 Å². The maximum absolute atomic E-state index is 12.6. The van der Waals surface area contributed by atoms with Crippen molar-refractivity contribution in [1.29, 1.82) is 0 Å². The molecule has 0 aliphatic heterocycles. The van der Waals surface area contributed by atoms with Crippen LogP contribution in [0.25, 0.3) is 0 Å². The first-order valence-electron chi connectivity index (χ1n) is 30.7. The molecule has 8 rings (SSSR count). The van der Waals surface area contributed by atoms with Crippen LogP contribution in [-0.4, -0.2) is 122 Å². The summed E-state index contributed by atoms with van der Waals surface area (Å²) in [6, 6.07) is 50.8. The molecule has 2 heterocycles. The number of nitrogens with zero attached hydrogens (tertiary/aromatic N) is 9. The third-order valence-corrected chi connectivity index (χ3v) is 14.5. The van der Waals surface area contributed by atoms with Gasteiger partial charge >= 0.3 is 0 Å². The van der Waals surface area contributed by atoms with Crippen molar-refractivity contribution in [1.82, 2.24) is 39.8 Å². The molecule has 0 spiro atoms. The second-order valence-electron chi connectivity index (χ2n) is 22.9. The Hall–Kier alpha value is -7.03. The number of carbonyl (C=O) groups is 3. The molecule has 0 saturated carbocycles. The normalized spacial score (nSPS) is 10.6. The Morgan fingerprint density at radius 3 is 1.20 bits per heavy atom. The maximum atomic E-state index is 12.6. The Bertz CT molecular complexity index is 3170. The lowest BCUT2D eigenvalue weighted by atomic mass is 10.0. The number of aromatic nitrogens is 6. The first kappa shape index (κ1) is 75.2. The largest absolute Gasteiger partial charge is 1.00 e. The van der Waals surface area contributed by atoms with Gasteiger partial charge in [0, 0.05) is 51.8 Å². The monoisotopic (exact) mass is 1320 g/mol. The molecule has 470 valence electrons. The minimum atomic E-state index is 0. The molecule has 0 amide bonds. The van der Waals surface area contributed by atoms with Gasteiger partial charge in [0.1, 0.15) is 12.2 Å². The van der Waals surface area contributed by atoms with E-state index < -0.39 is 0 Å². The van der Waals surface area contributed by atoms with Gasteiger partial charge in [0.2, 0.25) is 0 Å². The summed E-state index contributed by atoms with van der Waals surface area (Å²) < 4.78 is 4.63. The second-order valence-corrected chi connectivity index (χ2v) is 23.7. The Morgan fingerprint density at radius 1 is 0.500 bits per heavy atom. The fourth-order valence-electron chi connectivity index (χ4n) is 9.15. The van der Waals surface area contributed by atoms with Crippen molar-refractivity contribution >= 4 is 33.3 Å². The zero-order valence-electron chi connectivity index (χ0n) is 53.5. The molecule has 0 fully saturated rings. The Morgan fingerprint density at radius 2 is 0.852 bits per heavy atom. The summed E-state index contributed by atoms with van der Waals surface area (Å²) >= 11 is 3.42. The standard InChI is InChI=1S/C27H37N4O.C19H20N4O.C14H13NO.C8H17Br.C5H9N.BrH/c1-4-5-6-7-8-12-19-31(2,3)22-26-21-30(29-28-26)20-23-15-17-25(18-16-23)27(32)24-13-10-9-11-14-24;1-22(2)13-18-14-23(21-20-18)12-15-8-10-17(11-9-15)19(24)16-6-4-3-5-7-16;15-10-11-6-8-13(9-7-11)14(16)12-4-2-1-3-5-12;1-2-3-4-5-6-7-8-9;1-4-5-6(2)3;/h9-11,13-18,21H,4-8,12,19-20,22H2,1-3H3;3-11,14H,12-13H2,1-2H3;1-9H,10,15H2;2-8H2,1H3;1H,5H2,2-3H3;1H/q+1;;;;;/p-1. The second kappa shape index (κ2) is 43.6. The predicted octanol–water partition coefficient (Wildman–Crippen LogP) is 11.4. The number of hydrogen-bond donors (Lipinski definition) is 1. The average molecular weight is 1320 g/mol. The number of benzene rings is 6. The SMILES string of the molecule is C#CCN(C)C.CCCCCCCCBr.CCCCCCCC[N+](C)(C)Cc1cn(Cc2ccc(C(=O)c3ccccc3)cc2)nn1.CN(C)Cc1cn(Cc2ccc(C(=O)c3ccccc3)cc2)nn1.NCc1ccc(C(=O)c2ccccc2)cc1.[Br-]. The first-order chi connectivity index (χ1) is 42.1. The predicted molar refractivity (Wildman–Crippen MR) is 361 cm³/mol. The molecule has 0 saturated heterocycles. The Kier molecular flexibility index (Phi) is 37.3. The molecular weight excluding hydrogens is 1220 g/mol. The first-order valence-corrected chi connectivity index (χ1v) is 31.9. The topological polar surface area (TPSA) is 145 Å². The van der Waals surface area contributed by atoms with Gasteiger partial charge in [-0.1, -0.05) is 268 Å². The van der Waals surface area contributed by atoms with Crippen LogP contribution in [0.2, 0.25) is 0 Å². The molecule has 0 atom stereocenters. The number of rotatable bonds is 29. The van der Waals surface area contributed by atoms with E-state index in [1.165, 1.54) is 82.4 Å². The van der Waals surface area contributed by atoms with Crippen LogP contribution < -0.4 is 22.7 Å². The van der Waals surface area contributed by atoms with Crippen LogP contribution in [0.5, 0.6) is 0 Å². The van der Waals surface area contributed by atoms with Crippen LogP contribution in [-0.2, 0) is 32.7 Å². The summed E-state index contributed by atoms with van der Waals surface area (Å²) in [6.45, 7) is 9.86. The number of nitrogens with two attached hydrogens (primary N) is 1. The molecule has 6 aromatic carbocycles. The number of unbranched alkanes of at least 4 members (excludes halogenated alkanes) is 10. The highest BCUT2D eigenvalue weighted by Crippen LogP contribution is 2.17. The summed E-state index contributed by atoms with van der Waals surface area (Å²) in [7, 11) is 12.4. The fraction of sp³-hybridized carbons (Fsp3) is 0.384. The summed E-state index contributed by atoms with van der Waals surface area (Å²) in [5, 5.41) is 18.2. The molecule has 0 aliphatic rings. The summed E-state index contributed by atoms with van der Waals surface area (Å²) in [4.78, 5) is 41.0. The number of hydrogen-bond acceptors (Lipinski definition) is 10. The van der Waals surface area contributed by atoms with Crippen molar-refractivity contribution in [3.05, 3.63) is 238 Å². The smallest absolute Gasteiger partial charge is 0.193 e. The van der Waals surface area contributed by atoms with E-state index in [1.54, 1.807) is 0 Å². The summed E-state index contributed by atoms with van der Waals surface area (Å²) in [5.74, 6) is 2.62. The zero-order valence-corrected chi connectivity index (χ0v) is 56.7. The molecule has 88 heavy (non-hydrogen) atoms. The van der Waals surface area contributed by atoms with Gasteiger partial charge in [0.25, 0.3) is 0 Å². The molecule has 2 N–H and O–H groups in total. The van der Waals surface area contributed by atoms with Crippen LogP contribution >= 0.6 is 15.9 Å². The molecular formula is C73H96Br2N10O3. The quantitative estimate of drug-likeness (QED) is 0.0158. The minimum absolute atomic E-state index is 0. The van der Waals surface area contributed by atoms with E-state index in [9.17, 15) is 14.4 Å². The van der Waals surface area contributed by atoms with E-state index >= 15 is 0 Å². The fourth-order valence-corrected chi connectivity index (χ4v) is 9.55. The van der Waals surface area contributed by atoms with Crippen LogP contribution in [0, 0.1) is 12.3 Å². The van der Waals surface area contributed by atoms with E-state index in [2.05, 4.69) is 75.3 Å². The van der Waals surface area contributed by atoms with Gasteiger partial charge < -0.3 is 32.1 Å². The maximum Gasteiger partial charge on any atom is 0.193 e. The van der Waals surface area contributed by atoms with Crippen molar-refractivity contribution in [3.8, 4) is 12.3 Å². The number of quaternary nitrogens is 1. The molecule has 0 bridgehead atoms. The molecule has 0 radical (unpaired) electrons. The molecule has 0 unspecified atom stereocenters. The van der Waals surface area contributed by atoms with Gasteiger partial charge in [0.05, 0.1) is 58.4 Å². The van der Waals surface area contributed by atoms with E-state index in [4.69, 9.17) is 12.2 Å². The van der Waals surface area contributed by atoms with Gasteiger partial charge in [-0.15, -0.1) is 16.6 Å². The molecule has 2 aromatic heterocycles. The van der Waals surface area contributed by atoms with Crippen molar-refractivity contribution in [3.63, 3.8) is 0 Å². The lowest BCUT2D eigenvalue weighted by Gasteiger charge is -2.28. The van der Waals surface area contributed by atoms with E-state index in [1.807, 2.05) is 219 Å². The van der Waals surface area contributed by atoms with Crippen LogP contribution in [0.15, 0.2) is 176 Å². The van der Waals surface area contributed by atoms with Crippen LogP contribution in [0.3, 0.4) is 0 Å². The Balaban J connectivity index is 0.000000318.